The number of nitrogens with one attached hydrogen (secondary N) is 1. The Morgan fingerprint density at radius 3 is 1.30 bits per heavy atom. The van der Waals surface area contributed by atoms with Gasteiger partial charge in [-0.2, -0.15) is 8.42 Å². The Hall–Kier alpha value is -1.42. The Morgan fingerprint density at radius 1 is 0.565 bits per heavy atom. The summed E-state index contributed by atoms with van der Waals surface area (Å²) in [6.07, 6.45) is 47.9. The van der Waals surface area contributed by atoms with Crippen LogP contribution in [0.5, 0.6) is 0 Å². The van der Waals surface area contributed by atoms with E-state index >= 15 is 0 Å². The maximum absolute atomic E-state index is 13.1. The maximum atomic E-state index is 13.1. The molecule has 0 aliphatic carbocycles. The van der Waals surface area contributed by atoms with Gasteiger partial charge in [-0.3, -0.25) is 9.35 Å². The number of aliphatic hydroxyl groups is 4. The monoisotopic (exact) mass is 1000 g/mol. The molecule has 6 N–H and O–H groups in total. The van der Waals surface area contributed by atoms with E-state index in [1.165, 1.54) is 199 Å². The van der Waals surface area contributed by atoms with Crippen LogP contribution in [0.2, 0.25) is 0 Å². The highest BCUT2D eigenvalue weighted by atomic mass is 32.3. The first-order chi connectivity index (χ1) is 33.5. The van der Waals surface area contributed by atoms with Crippen LogP contribution in [-0.4, -0.2) is 95.4 Å². The van der Waals surface area contributed by atoms with Gasteiger partial charge in [-0.05, 0) is 44.9 Å². The molecule has 0 aromatic rings. The van der Waals surface area contributed by atoms with Crippen molar-refractivity contribution in [2.24, 2.45) is 0 Å². The molecule has 0 radical (unpaired) electrons. The van der Waals surface area contributed by atoms with E-state index in [9.17, 15) is 38.2 Å². The summed E-state index contributed by atoms with van der Waals surface area (Å²) in [7, 11) is -5.09. The fraction of sp³-hybridized carbons (Fsp3) is 0.911. The van der Waals surface area contributed by atoms with Gasteiger partial charge >= 0.3 is 10.4 Å². The van der Waals surface area contributed by atoms with Crippen LogP contribution in [0.3, 0.4) is 0 Å². The Bertz CT molecular complexity index is 1320. The van der Waals surface area contributed by atoms with E-state index in [1.807, 2.05) is 6.08 Å². The zero-order chi connectivity index (χ0) is 50.5. The second-order valence-corrected chi connectivity index (χ2v) is 21.3. The third-order valence-electron chi connectivity index (χ3n) is 13.7. The topological polar surface area (TPSA) is 192 Å². The molecule has 0 aromatic heterocycles. The lowest BCUT2D eigenvalue weighted by molar-refractivity contribution is -0.298. The second-order valence-electron chi connectivity index (χ2n) is 20.2. The molecular weight excluding hydrogens is 895 g/mol. The molecule has 0 bridgehead atoms. The van der Waals surface area contributed by atoms with Gasteiger partial charge in [0.1, 0.15) is 24.4 Å². The number of unbranched alkanes of at least 4 members (excludes halogenated alkanes) is 36. The Kier molecular flexibility index (Phi) is 44.1. The number of carbonyl (C=O) groups excluding carboxylic acids is 1. The van der Waals surface area contributed by atoms with Gasteiger partial charge in [-0.25, -0.2) is 4.18 Å². The number of hydrogen-bond donors (Lipinski definition) is 6. The summed E-state index contributed by atoms with van der Waals surface area (Å²) < 4.78 is 47.8. The zero-order valence-corrected chi connectivity index (χ0v) is 45.0. The molecule has 13 heteroatoms. The molecule has 0 aromatic carbocycles. The summed E-state index contributed by atoms with van der Waals surface area (Å²) in [5.41, 5.74) is 0. The molecule has 7 atom stereocenters. The molecule has 7 unspecified atom stereocenters. The van der Waals surface area contributed by atoms with Crippen molar-refractivity contribution >= 4 is 16.3 Å². The van der Waals surface area contributed by atoms with Gasteiger partial charge in [-0.1, -0.05) is 244 Å². The van der Waals surface area contributed by atoms with Gasteiger partial charge < -0.3 is 35.2 Å². The van der Waals surface area contributed by atoms with Crippen molar-refractivity contribution in [2.45, 2.75) is 314 Å². The molecule has 69 heavy (non-hydrogen) atoms. The molecule has 0 spiro atoms. The van der Waals surface area contributed by atoms with E-state index < -0.39 is 59.9 Å². The van der Waals surface area contributed by atoms with Crippen molar-refractivity contribution in [3.8, 4) is 0 Å². The minimum Gasteiger partial charge on any atom is -0.394 e. The van der Waals surface area contributed by atoms with Crippen LogP contribution < -0.4 is 5.32 Å². The molecule has 1 fully saturated rings. The fourth-order valence-electron chi connectivity index (χ4n) is 9.28. The smallest absolute Gasteiger partial charge is 0.394 e. The van der Waals surface area contributed by atoms with E-state index in [0.29, 0.717) is 6.42 Å². The summed E-state index contributed by atoms with van der Waals surface area (Å²) in [6.45, 7) is 3.43. The number of aliphatic hydroxyl groups excluding tert-OH is 4. The molecule has 1 saturated heterocycles. The van der Waals surface area contributed by atoms with Crippen molar-refractivity contribution in [2.75, 3.05) is 13.2 Å². The molecule has 408 valence electrons. The number of ether oxygens (including phenoxy) is 2. The number of hydrogen-bond acceptors (Lipinski definition) is 10. The Morgan fingerprint density at radius 2 is 0.928 bits per heavy atom. The van der Waals surface area contributed by atoms with E-state index in [-0.39, 0.29) is 18.9 Å². The minimum absolute atomic E-state index is 0.263. The normalized spacial score (nSPS) is 19.8. The molecule has 1 heterocycles. The number of allylic oxidation sites excluding steroid dienone is 3. The van der Waals surface area contributed by atoms with Crippen LogP contribution in [0.15, 0.2) is 24.3 Å². The third-order valence-corrected chi connectivity index (χ3v) is 14.2. The maximum Gasteiger partial charge on any atom is 0.397 e. The first-order valence-electron chi connectivity index (χ1n) is 28.7. The molecule has 1 aliphatic rings. The lowest BCUT2D eigenvalue weighted by Crippen LogP contribution is -2.61. The number of rotatable bonds is 50. The lowest BCUT2D eigenvalue weighted by atomic mass is 9.99. The number of amides is 1. The first kappa shape index (κ1) is 65.6. The van der Waals surface area contributed by atoms with Crippen molar-refractivity contribution in [1.29, 1.82) is 0 Å². The zero-order valence-electron chi connectivity index (χ0n) is 44.1. The molecule has 1 aliphatic heterocycles. The summed E-state index contributed by atoms with van der Waals surface area (Å²) in [6, 6.07) is -0.945. The Balaban J connectivity index is 2.39. The van der Waals surface area contributed by atoms with E-state index in [2.05, 4.69) is 35.5 Å². The summed E-state index contributed by atoms with van der Waals surface area (Å²) in [5.74, 6) is -0.263. The standard InChI is InChI=1S/C56H107NO11S/c1-3-5-7-9-11-13-15-17-19-21-23-25-26-27-29-31-33-35-37-39-41-43-45-50(59)49(48-66-56-54(62)55(68-69(63,64)65)53(61)51(47-58)67-56)57-52(60)46-44-42-40-38-36-34-32-30-28-24-22-20-18-16-14-12-10-8-6-4-2/h24,28,43,45,49-51,53-56,58-59,61-62H,3-23,25-27,29-42,44,46-48H2,1-2H3,(H,57,60)(H,63,64,65)/b28-24-,45-43+. The molecule has 1 amide bonds. The van der Waals surface area contributed by atoms with Crippen LogP contribution in [0, 0.1) is 0 Å². The van der Waals surface area contributed by atoms with Crippen molar-refractivity contribution in [3.05, 3.63) is 24.3 Å². The highest BCUT2D eigenvalue weighted by Gasteiger charge is 2.48. The van der Waals surface area contributed by atoms with Crippen molar-refractivity contribution in [3.63, 3.8) is 0 Å². The van der Waals surface area contributed by atoms with Gasteiger partial charge in [0, 0.05) is 6.42 Å². The predicted molar refractivity (Wildman–Crippen MR) is 282 cm³/mol. The highest BCUT2D eigenvalue weighted by molar-refractivity contribution is 7.80. The van der Waals surface area contributed by atoms with Crippen LogP contribution >= 0.6 is 0 Å². The molecule has 12 nitrogen and oxygen atoms in total. The van der Waals surface area contributed by atoms with Crippen LogP contribution in [0.1, 0.15) is 271 Å². The van der Waals surface area contributed by atoms with Crippen LogP contribution in [-0.2, 0) is 28.9 Å². The van der Waals surface area contributed by atoms with Crippen molar-refractivity contribution in [1.82, 2.24) is 5.32 Å². The second kappa shape index (κ2) is 46.4. The van der Waals surface area contributed by atoms with E-state index in [4.69, 9.17) is 9.47 Å². The van der Waals surface area contributed by atoms with Crippen LogP contribution in [0.25, 0.3) is 0 Å². The van der Waals surface area contributed by atoms with Gasteiger partial charge in [0.05, 0.1) is 25.4 Å². The molecule has 1 rings (SSSR count). The minimum atomic E-state index is -5.09. The van der Waals surface area contributed by atoms with E-state index in [0.717, 1.165) is 44.9 Å². The van der Waals surface area contributed by atoms with Crippen molar-refractivity contribution < 1.29 is 51.8 Å². The van der Waals surface area contributed by atoms with Gasteiger partial charge in [0.2, 0.25) is 5.91 Å². The van der Waals surface area contributed by atoms with Gasteiger partial charge in [0.25, 0.3) is 0 Å². The Labute approximate surface area is 422 Å². The summed E-state index contributed by atoms with van der Waals surface area (Å²) in [4.78, 5) is 13.1. The molecular formula is C56H107NO11S. The van der Waals surface area contributed by atoms with Gasteiger partial charge in [-0.15, -0.1) is 0 Å². The average molecular weight is 1000 g/mol. The van der Waals surface area contributed by atoms with Crippen LogP contribution in [0.4, 0.5) is 0 Å². The summed E-state index contributed by atoms with van der Waals surface area (Å²) >= 11 is 0. The number of carbonyl (C=O) groups is 1. The highest BCUT2D eigenvalue weighted by Crippen LogP contribution is 2.26. The summed E-state index contributed by atoms with van der Waals surface area (Å²) in [5, 5.41) is 45.0. The third kappa shape index (κ3) is 38.8. The first-order valence-corrected chi connectivity index (χ1v) is 30.1. The largest absolute Gasteiger partial charge is 0.397 e. The average Bonchev–Trinajstić information content (AvgIpc) is 3.32. The van der Waals surface area contributed by atoms with Gasteiger partial charge in [0.15, 0.2) is 6.29 Å². The fourth-order valence-corrected chi connectivity index (χ4v) is 9.78. The SMILES string of the molecule is CCCCCCCCCCC/C=C\CCCCCCCCCC(=O)NC(COC1OC(CO)C(O)C(OS(=O)(=O)O)C1O)C(O)/C=C/CCCCCCCCCCCCCCCCCCCCCC. The molecule has 0 saturated carbocycles. The van der Waals surface area contributed by atoms with E-state index in [1.54, 1.807) is 6.08 Å². The quantitative estimate of drug-likeness (QED) is 0.0193. The lowest BCUT2D eigenvalue weighted by Gasteiger charge is -2.41. The predicted octanol–water partition coefficient (Wildman–Crippen LogP) is 13.2.